The van der Waals surface area contributed by atoms with Gasteiger partial charge in [-0.25, -0.2) is 8.42 Å². The van der Waals surface area contributed by atoms with E-state index in [0.29, 0.717) is 11.3 Å². The van der Waals surface area contributed by atoms with Crippen molar-refractivity contribution < 1.29 is 13.2 Å². The third kappa shape index (κ3) is 2.84. The molecule has 0 spiro atoms. The number of nitrogens with one attached hydrogen (secondary N) is 2. The maximum absolute atomic E-state index is 12.2. The van der Waals surface area contributed by atoms with Crippen LogP contribution in [0.25, 0.3) is 10.9 Å². The molecule has 0 unspecified atom stereocenters. The monoisotopic (exact) mass is 315 g/mol. The summed E-state index contributed by atoms with van der Waals surface area (Å²) in [7, 11) is -3.26. The zero-order chi connectivity index (χ0) is 15.7. The Balaban J connectivity index is 1.81. The number of nitrogens with zero attached hydrogens (tertiary/aromatic N) is 1. The minimum atomic E-state index is -3.26. The molecule has 112 valence electrons. The minimum absolute atomic E-state index is 0.183. The molecule has 0 radical (unpaired) electrons. The molecule has 0 saturated heterocycles. The first-order valence-corrected chi connectivity index (χ1v) is 8.37. The van der Waals surface area contributed by atoms with Gasteiger partial charge in [0.1, 0.15) is 0 Å². The lowest BCUT2D eigenvalue weighted by molar-refractivity contribution is 0.102. The zero-order valence-electron chi connectivity index (χ0n) is 11.7. The number of hydrogen-bond donors (Lipinski definition) is 2. The molecule has 0 saturated carbocycles. The number of hydrogen-bond acceptors (Lipinski definition) is 4. The second-order valence-electron chi connectivity index (χ2n) is 4.92. The first-order valence-electron chi connectivity index (χ1n) is 6.48. The van der Waals surface area contributed by atoms with Gasteiger partial charge in [-0.2, -0.15) is 5.10 Å². The Labute approximate surface area is 127 Å². The van der Waals surface area contributed by atoms with Crippen molar-refractivity contribution in [1.82, 2.24) is 10.2 Å². The van der Waals surface area contributed by atoms with E-state index < -0.39 is 9.84 Å². The standard InChI is InChI=1S/C15H13N3O3S/c1-22(20,21)13-6-3-10(4-7-13)15(19)17-12-5-2-11-9-16-18-14(11)8-12/h2-9H,1H3,(H,16,18)(H,17,19). The summed E-state index contributed by atoms with van der Waals surface area (Å²) < 4.78 is 22.8. The van der Waals surface area contributed by atoms with Crippen LogP contribution in [0.4, 0.5) is 5.69 Å². The van der Waals surface area contributed by atoms with Crippen molar-refractivity contribution >= 4 is 32.3 Å². The Morgan fingerprint density at radius 2 is 1.86 bits per heavy atom. The predicted molar refractivity (Wildman–Crippen MR) is 83.6 cm³/mol. The summed E-state index contributed by atoms with van der Waals surface area (Å²) in [4.78, 5) is 12.3. The average molecular weight is 315 g/mol. The quantitative estimate of drug-likeness (QED) is 0.775. The zero-order valence-corrected chi connectivity index (χ0v) is 12.5. The highest BCUT2D eigenvalue weighted by atomic mass is 32.2. The van der Waals surface area contributed by atoms with Crippen LogP contribution >= 0.6 is 0 Å². The number of fused-ring (bicyclic) bond motifs is 1. The molecular formula is C15H13N3O3S. The number of rotatable bonds is 3. The van der Waals surface area contributed by atoms with Gasteiger partial charge in [-0.3, -0.25) is 9.89 Å². The number of benzene rings is 2. The van der Waals surface area contributed by atoms with Crippen molar-refractivity contribution in [2.24, 2.45) is 0 Å². The van der Waals surface area contributed by atoms with Gasteiger partial charge in [0, 0.05) is 22.9 Å². The minimum Gasteiger partial charge on any atom is -0.322 e. The van der Waals surface area contributed by atoms with E-state index in [-0.39, 0.29) is 10.8 Å². The normalized spacial score (nSPS) is 11.5. The summed E-state index contributed by atoms with van der Waals surface area (Å²) in [5.41, 5.74) is 1.84. The van der Waals surface area contributed by atoms with Gasteiger partial charge in [0.25, 0.3) is 5.91 Å². The van der Waals surface area contributed by atoms with E-state index in [9.17, 15) is 13.2 Å². The van der Waals surface area contributed by atoms with Gasteiger partial charge in [0.2, 0.25) is 0 Å². The first-order chi connectivity index (χ1) is 10.4. The van der Waals surface area contributed by atoms with Crippen molar-refractivity contribution in [3.05, 3.63) is 54.2 Å². The van der Waals surface area contributed by atoms with Crippen molar-refractivity contribution in [3.8, 4) is 0 Å². The molecule has 22 heavy (non-hydrogen) atoms. The highest BCUT2D eigenvalue weighted by Gasteiger charge is 2.10. The van der Waals surface area contributed by atoms with Gasteiger partial charge in [-0.1, -0.05) is 0 Å². The van der Waals surface area contributed by atoms with Gasteiger partial charge in [-0.05, 0) is 42.5 Å². The van der Waals surface area contributed by atoms with Gasteiger partial charge >= 0.3 is 0 Å². The van der Waals surface area contributed by atoms with Crippen LogP contribution in [-0.2, 0) is 9.84 Å². The fourth-order valence-corrected chi connectivity index (χ4v) is 2.70. The molecule has 0 fully saturated rings. The van der Waals surface area contributed by atoms with Crippen LogP contribution in [0.1, 0.15) is 10.4 Å². The maximum Gasteiger partial charge on any atom is 0.255 e. The lowest BCUT2D eigenvalue weighted by Gasteiger charge is -2.06. The van der Waals surface area contributed by atoms with E-state index in [0.717, 1.165) is 17.2 Å². The third-order valence-corrected chi connectivity index (χ3v) is 4.37. The molecule has 2 N–H and O–H groups in total. The lowest BCUT2D eigenvalue weighted by atomic mass is 10.2. The number of amides is 1. The third-order valence-electron chi connectivity index (χ3n) is 3.24. The van der Waals surface area contributed by atoms with Crippen LogP contribution in [0.3, 0.4) is 0 Å². The molecule has 1 aromatic heterocycles. The summed E-state index contributed by atoms with van der Waals surface area (Å²) in [6.07, 6.45) is 2.83. The van der Waals surface area contributed by atoms with E-state index in [1.54, 1.807) is 18.3 Å². The van der Waals surface area contributed by atoms with Crippen LogP contribution in [0.5, 0.6) is 0 Å². The van der Waals surface area contributed by atoms with E-state index in [4.69, 9.17) is 0 Å². The highest BCUT2D eigenvalue weighted by molar-refractivity contribution is 7.90. The van der Waals surface area contributed by atoms with Crippen LogP contribution in [0, 0.1) is 0 Å². The number of sulfone groups is 1. The summed E-state index contributed by atoms with van der Waals surface area (Å²) >= 11 is 0. The maximum atomic E-state index is 12.2. The molecular weight excluding hydrogens is 302 g/mol. The van der Waals surface area contributed by atoms with Crippen molar-refractivity contribution in [2.45, 2.75) is 4.90 Å². The summed E-state index contributed by atoms with van der Waals surface area (Å²) in [5.74, 6) is -0.307. The van der Waals surface area contributed by atoms with Crippen LogP contribution in [0.15, 0.2) is 53.6 Å². The highest BCUT2D eigenvalue weighted by Crippen LogP contribution is 2.18. The van der Waals surface area contributed by atoms with E-state index >= 15 is 0 Å². The van der Waals surface area contributed by atoms with Gasteiger partial charge in [0.15, 0.2) is 9.84 Å². The fourth-order valence-electron chi connectivity index (χ4n) is 2.07. The van der Waals surface area contributed by atoms with Crippen LogP contribution < -0.4 is 5.32 Å². The fraction of sp³-hybridized carbons (Fsp3) is 0.0667. The van der Waals surface area contributed by atoms with Crippen molar-refractivity contribution in [2.75, 3.05) is 11.6 Å². The predicted octanol–water partition coefficient (Wildman–Crippen LogP) is 2.22. The lowest BCUT2D eigenvalue weighted by Crippen LogP contribution is -2.12. The van der Waals surface area contributed by atoms with Crippen LogP contribution in [0.2, 0.25) is 0 Å². The Kier molecular flexibility index (Phi) is 3.42. The number of H-pyrrole nitrogens is 1. The van der Waals surface area contributed by atoms with Crippen molar-refractivity contribution in [3.63, 3.8) is 0 Å². The Hall–Kier alpha value is -2.67. The SMILES string of the molecule is CS(=O)(=O)c1ccc(C(=O)Nc2ccc3cn[nH]c3c2)cc1. The Morgan fingerprint density at radius 3 is 2.55 bits per heavy atom. The Morgan fingerprint density at radius 1 is 1.14 bits per heavy atom. The Bertz CT molecular complexity index is 944. The smallest absolute Gasteiger partial charge is 0.255 e. The average Bonchev–Trinajstić information content (AvgIpc) is 2.94. The molecule has 0 atom stereocenters. The summed E-state index contributed by atoms with van der Waals surface area (Å²) in [5, 5.41) is 10.5. The summed E-state index contributed by atoms with van der Waals surface area (Å²) in [6, 6.07) is 11.2. The van der Waals surface area contributed by atoms with Crippen molar-refractivity contribution in [1.29, 1.82) is 0 Å². The largest absolute Gasteiger partial charge is 0.322 e. The number of carbonyl (C=O) groups excluding carboxylic acids is 1. The number of anilines is 1. The van der Waals surface area contributed by atoms with E-state index in [2.05, 4.69) is 15.5 Å². The molecule has 2 aromatic carbocycles. The molecule has 0 aliphatic heterocycles. The van der Waals surface area contributed by atoms with E-state index in [1.165, 1.54) is 24.3 Å². The topological polar surface area (TPSA) is 91.9 Å². The summed E-state index contributed by atoms with van der Waals surface area (Å²) in [6.45, 7) is 0. The molecule has 3 rings (SSSR count). The van der Waals surface area contributed by atoms with Crippen LogP contribution in [-0.4, -0.2) is 30.8 Å². The molecule has 1 heterocycles. The molecule has 0 aliphatic carbocycles. The first kappa shape index (κ1) is 14.3. The number of carbonyl (C=O) groups is 1. The van der Waals surface area contributed by atoms with Gasteiger partial charge < -0.3 is 5.32 Å². The molecule has 0 aliphatic rings. The second-order valence-corrected chi connectivity index (χ2v) is 6.94. The molecule has 0 bridgehead atoms. The van der Waals surface area contributed by atoms with Gasteiger partial charge in [0.05, 0.1) is 16.6 Å². The van der Waals surface area contributed by atoms with E-state index in [1.807, 2.05) is 6.07 Å². The molecule has 3 aromatic rings. The molecule has 6 nitrogen and oxygen atoms in total. The molecule has 7 heteroatoms. The number of aromatic amines is 1. The second kappa shape index (κ2) is 5.27. The number of aromatic nitrogens is 2. The molecule has 1 amide bonds. The van der Waals surface area contributed by atoms with Gasteiger partial charge in [-0.15, -0.1) is 0 Å².